The molecular weight excluding hydrogens is 1070 g/mol. The second-order valence-corrected chi connectivity index (χ2v) is 23.3. The SMILES string of the molecule is CCOc1ccc(C[C@@H](NC(=O)CC23CC4CC(CC(C4)C2)C3)C(=O)N[C@@H](Cc2ccccc2)C(=O)N[C@H](C(=O)N[C@@H](CC(N)=O)C(=O)N[C@@H](CCCN=C(N)N)C(=O)N2CCC[C@H]2C(=O)N[C@@H](CCCN=C(N)N)C(N)=O)C(C)C)cc1. The first-order valence-corrected chi connectivity index (χ1v) is 29.1. The van der Waals surface area contributed by atoms with Crippen molar-refractivity contribution in [3.05, 3.63) is 65.7 Å². The van der Waals surface area contributed by atoms with Crippen LogP contribution >= 0.6 is 0 Å². The fraction of sp³-hybridized carbons (Fsp3) is 0.603. The second-order valence-electron chi connectivity index (χ2n) is 23.3. The monoisotopic (exact) mass is 1150 g/mol. The van der Waals surface area contributed by atoms with Crippen LogP contribution in [0.2, 0.25) is 0 Å². The molecule has 0 unspecified atom stereocenters. The van der Waals surface area contributed by atoms with E-state index >= 15 is 0 Å². The van der Waals surface area contributed by atoms with Crippen LogP contribution in [0.25, 0.3) is 0 Å². The number of primary amides is 2. The van der Waals surface area contributed by atoms with Gasteiger partial charge in [-0.15, -0.1) is 0 Å². The molecule has 1 saturated heterocycles. The van der Waals surface area contributed by atoms with Gasteiger partial charge in [-0.25, -0.2) is 0 Å². The largest absolute Gasteiger partial charge is 0.494 e. The average molecular weight is 1150 g/mol. The Kier molecular flexibility index (Phi) is 23.5. The number of aliphatic imine (C=N–C) groups is 2. The van der Waals surface area contributed by atoms with Gasteiger partial charge in [0.2, 0.25) is 53.2 Å². The lowest BCUT2D eigenvalue weighted by Gasteiger charge is -2.56. The van der Waals surface area contributed by atoms with Crippen LogP contribution in [0.1, 0.15) is 122 Å². The van der Waals surface area contributed by atoms with E-state index in [4.69, 9.17) is 39.1 Å². The molecule has 25 nitrogen and oxygen atoms in total. The molecule has 454 valence electrons. The molecular formula is C58H87N15O10. The maximum Gasteiger partial charge on any atom is 0.245 e. The van der Waals surface area contributed by atoms with Crippen molar-refractivity contribution in [1.29, 1.82) is 0 Å². The van der Waals surface area contributed by atoms with Crippen LogP contribution in [0.3, 0.4) is 0 Å². The summed E-state index contributed by atoms with van der Waals surface area (Å²) < 4.78 is 5.65. The molecule has 18 N–H and O–H groups in total. The number of carbonyl (C=O) groups is 9. The van der Waals surface area contributed by atoms with Gasteiger partial charge in [0.1, 0.15) is 48.0 Å². The highest BCUT2D eigenvalue weighted by Crippen LogP contribution is 2.61. The molecule has 2 aromatic rings. The van der Waals surface area contributed by atoms with Crippen LogP contribution in [-0.4, -0.2) is 139 Å². The predicted molar refractivity (Wildman–Crippen MR) is 311 cm³/mol. The zero-order chi connectivity index (χ0) is 60.4. The summed E-state index contributed by atoms with van der Waals surface area (Å²) in [6.07, 6.45) is 7.40. The minimum absolute atomic E-state index is 0.0148. The number of guanidine groups is 2. The molecule has 0 spiro atoms. The summed E-state index contributed by atoms with van der Waals surface area (Å²) in [6.45, 7) is 5.96. The standard InChI is InChI=1S/C58H87N15O10/c1-4-83-39-18-16-35(17-19-39)27-42(67-47(75)32-58-29-36-23-37(30-58)25-38(24-36)31-58)50(77)70-43(26-34-11-6-5-7-12-34)52(79)72-48(33(2)3)54(81)71-44(28-46(59)74)51(78)69-41(14-9-21-66-57(63)64)55(82)73-22-10-15-45(73)53(80)68-40(49(60)76)13-8-20-65-56(61)62/h5-7,11-12,16-19,33,36-38,40-45,48H,4,8-10,13-15,20-32H2,1-3H3,(H2,59,74)(H2,60,76)(H,67,75)(H,68,80)(H,69,78)(H,70,77)(H,71,81)(H,72,79)(H4,61,62,65)(H4,63,64,66)/t36?,37?,38?,40-,41-,42+,43-,44-,45-,48-,58?/m0/s1. The fourth-order valence-corrected chi connectivity index (χ4v) is 12.8. The Balaban J connectivity index is 1.19. The Morgan fingerprint density at radius 2 is 1.14 bits per heavy atom. The molecule has 2 aromatic carbocycles. The number of nitrogens with zero attached hydrogens (tertiary/aromatic N) is 3. The number of amides is 9. The Morgan fingerprint density at radius 3 is 1.69 bits per heavy atom. The fourth-order valence-electron chi connectivity index (χ4n) is 12.8. The van der Waals surface area contributed by atoms with Crippen LogP contribution in [0, 0.1) is 29.1 Å². The zero-order valence-corrected chi connectivity index (χ0v) is 48.1. The number of nitrogens with one attached hydrogen (secondary N) is 6. The number of rotatable bonds is 32. The summed E-state index contributed by atoms with van der Waals surface area (Å²) >= 11 is 0. The highest BCUT2D eigenvalue weighted by Gasteiger charge is 2.52. The van der Waals surface area contributed by atoms with Gasteiger partial charge < -0.3 is 75.9 Å². The van der Waals surface area contributed by atoms with Gasteiger partial charge in [0.15, 0.2) is 11.9 Å². The van der Waals surface area contributed by atoms with Crippen molar-refractivity contribution in [2.45, 2.75) is 166 Å². The van der Waals surface area contributed by atoms with Crippen molar-refractivity contribution in [3.8, 4) is 5.75 Å². The van der Waals surface area contributed by atoms with E-state index in [2.05, 4.69) is 41.9 Å². The third-order valence-corrected chi connectivity index (χ3v) is 16.2. The highest BCUT2D eigenvalue weighted by molar-refractivity contribution is 5.99. The van der Waals surface area contributed by atoms with Crippen molar-refractivity contribution >= 4 is 65.1 Å². The Labute approximate surface area is 485 Å². The van der Waals surface area contributed by atoms with Crippen molar-refractivity contribution in [1.82, 2.24) is 36.8 Å². The maximum atomic E-state index is 14.7. The van der Waals surface area contributed by atoms with Gasteiger partial charge in [-0.05, 0) is 136 Å². The number of carbonyl (C=O) groups excluding carboxylic acids is 9. The van der Waals surface area contributed by atoms with Crippen molar-refractivity contribution in [2.24, 2.45) is 73.5 Å². The van der Waals surface area contributed by atoms with E-state index in [9.17, 15) is 43.2 Å². The summed E-state index contributed by atoms with van der Waals surface area (Å²) in [5.41, 5.74) is 34.5. The number of benzene rings is 2. The molecule has 83 heavy (non-hydrogen) atoms. The van der Waals surface area contributed by atoms with E-state index in [-0.39, 0.29) is 81.4 Å². The van der Waals surface area contributed by atoms with E-state index in [0.717, 1.165) is 24.8 Å². The predicted octanol–water partition coefficient (Wildman–Crippen LogP) is -0.499. The number of hydrogen-bond donors (Lipinski definition) is 12. The van der Waals surface area contributed by atoms with Crippen LogP contribution in [0.15, 0.2) is 64.6 Å². The lowest BCUT2D eigenvalue weighted by Crippen LogP contribution is -2.61. The molecule has 4 aliphatic carbocycles. The van der Waals surface area contributed by atoms with E-state index in [1.807, 2.05) is 19.1 Å². The van der Waals surface area contributed by atoms with Crippen molar-refractivity contribution < 1.29 is 47.9 Å². The Morgan fingerprint density at radius 1 is 0.627 bits per heavy atom. The molecule has 5 aliphatic rings. The van der Waals surface area contributed by atoms with Crippen LogP contribution in [0.4, 0.5) is 0 Å². The zero-order valence-electron chi connectivity index (χ0n) is 48.1. The van der Waals surface area contributed by atoms with Crippen LogP contribution < -0.4 is 71.0 Å². The summed E-state index contributed by atoms with van der Waals surface area (Å²) in [6, 6.07) is 7.23. The van der Waals surface area contributed by atoms with Gasteiger partial charge in [0.25, 0.3) is 0 Å². The van der Waals surface area contributed by atoms with E-state index in [0.29, 0.717) is 54.9 Å². The average Bonchev–Trinajstić information content (AvgIpc) is 2.42. The molecule has 25 heteroatoms. The summed E-state index contributed by atoms with van der Waals surface area (Å²) in [5, 5.41) is 16.6. The third-order valence-electron chi connectivity index (χ3n) is 16.2. The molecule has 5 fully saturated rings. The summed E-state index contributed by atoms with van der Waals surface area (Å²) in [7, 11) is 0. The molecule has 7 atom stereocenters. The number of likely N-dealkylation sites (tertiary alicyclic amines) is 1. The molecule has 1 aliphatic heterocycles. The van der Waals surface area contributed by atoms with Gasteiger partial charge in [-0.1, -0.05) is 56.3 Å². The minimum atomic E-state index is -1.68. The first-order chi connectivity index (χ1) is 39.5. The van der Waals surface area contributed by atoms with Gasteiger partial charge >= 0.3 is 0 Å². The molecule has 7 rings (SSSR count). The molecule has 1 heterocycles. The smallest absolute Gasteiger partial charge is 0.245 e. The van der Waals surface area contributed by atoms with E-state index < -0.39 is 102 Å². The second kappa shape index (κ2) is 30.4. The van der Waals surface area contributed by atoms with Crippen molar-refractivity contribution in [2.75, 3.05) is 26.2 Å². The number of ether oxygens (including phenoxy) is 1. The maximum absolute atomic E-state index is 14.7. The first kappa shape index (κ1) is 64.2. The number of hydrogen-bond acceptors (Lipinski definition) is 12. The van der Waals surface area contributed by atoms with Crippen molar-refractivity contribution in [3.63, 3.8) is 0 Å². The normalized spacial score (nSPS) is 21.6. The lowest BCUT2D eigenvalue weighted by atomic mass is 9.49. The molecule has 4 bridgehead atoms. The highest BCUT2D eigenvalue weighted by atomic mass is 16.5. The summed E-state index contributed by atoms with van der Waals surface area (Å²) in [5.74, 6) is -5.13. The minimum Gasteiger partial charge on any atom is -0.494 e. The van der Waals surface area contributed by atoms with Gasteiger partial charge in [0, 0.05) is 38.9 Å². The molecule has 0 aromatic heterocycles. The van der Waals surface area contributed by atoms with Crippen LogP contribution in [-0.2, 0) is 56.0 Å². The summed E-state index contributed by atoms with van der Waals surface area (Å²) in [4.78, 5) is 135. The van der Waals surface area contributed by atoms with E-state index in [1.54, 1.807) is 56.3 Å². The third kappa shape index (κ3) is 19.3. The van der Waals surface area contributed by atoms with Crippen LogP contribution in [0.5, 0.6) is 5.75 Å². The van der Waals surface area contributed by atoms with Gasteiger partial charge in [-0.3, -0.25) is 53.1 Å². The molecule has 0 radical (unpaired) electrons. The quantitative estimate of drug-likeness (QED) is 0.0250. The number of nitrogens with two attached hydrogens (primary N) is 6. The van der Waals surface area contributed by atoms with Gasteiger partial charge in [-0.2, -0.15) is 0 Å². The topological polar surface area (TPSA) is 419 Å². The molecule has 9 amide bonds. The first-order valence-electron chi connectivity index (χ1n) is 29.1. The lowest BCUT2D eigenvalue weighted by molar-refractivity contribution is -0.142. The van der Waals surface area contributed by atoms with E-state index in [1.165, 1.54) is 24.2 Å². The van der Waals surface area contributed by atoms with Gasteiger partial charge in [0.05, 0.1) is 13.0 Å². The Hall–Kier alpha value is -7.99. The Bertz CT molecular complexity index is 2630. The molecule has 4 saturated carbocycles.